The number of hydrogen-bond donors (Lipinski definition) is 0. The normalized spacial score (nSPS) is 11.3. The molecule has 3 nitrogen and oxygen atoms in total. The van der Waals surface area contributed by atoms with E-state index in [1.54, 1.807) is 18.2 Å². The van der Waals surface area contributed by atoms with Crippen LogP contribution >= 0.6 is 11.6 Å². The quantitative estimate of drug-likeness (QED) is 0.750. The smallest absolute Gasteiger partial charge is 0.178 e. The molecule has 15 heavy (non-hydrogen) atoms. The van der Waals surface area contributed by atoms with Crippen LogP contribution in [0.5, 0.6) is 5.75 Å². The van der Waals surface area contributed by atoms with Gasteiger partial charge in [0.15, 0.2) is 9.84 Å². The molecule has 0 amide bonds. The van der Waals surface area contributed by atoms with E-state index in [0.29, 0.717) is 18.1 Å². The van der Waals surface area contributed by atoms with E-state index >= 15 is 0 Å². The molecule has 0 N–H and O–H groups in total. The van der Waals surface area contributed by atoms with E-state index in [1.807, 2.05) is 0 Å². The maximum absolute atomic E-state index is 11.7. The molecule has 0 atom stereocenters. The Bertz CT molecular complexity index is 414. The Balaban J connectivity index is 2.94. The molecule has 1 aromatic carbocycles. The van der Waals surface area contributed by atoms with Gasteiger partial charge >= 0.3 is 0 Å². The summed E-state index contributed by atoms with van der Waals surface area (Å²) in [6.45, 7) is 0. The average Bonchev–Trinajstić information content (AvgIpc) is 2.26. The predicted molar refractivity (Wildman–Crippen MR) is 60.4 cm³/mol. The topological polar surface area (TPSA) is 43.4 Å². The second kappa shape index (κ2) is 5.37. The minimum atomic E-state index is -3.22. The van der Waals surface area contributed by atoms with Crippen LogP contribution < -0.4 is 4.74 Å². The van der Waals surface area contributed by atoms with Gasteiger partial charge < -0.3 is 4.74 Å². The van der Waals surface area contributed by atoms with Crippen molar-refractivity contribution in [3.8, 4) is 5.75 Å². The Morgan fingerprint density at radius 1 is 1.40 bits per heavy atom. The van der Waals surface area contributed by atoms with Gasteiger partial charge in [0.1, 0.15) is 5.75 Å². The van der Waals surface area contributed by atoms with Crippen molar-refractivity contribution in [3.05, 3.63) is 24.3 Å². The Morgan fingerprint density at radius 2 is 2.13 bits per heavy atom. The molecular formula is C10H13ClO3S. The molecule has 0 aliphatic rings. The van der Waals surface area contributed by atoms with E-state index in [4.69, 9.17) is 16.3 Å². The van der Waals surface area contributed by atoms with E-state index < -0.39 is 9.84 Å². The second-order valence-electron chi connectivity index (χ2n) is 3.04. The standard InChI is InChI=1S/C10H13ClO3S/c1-14-9-4-2-5-10(8-9)15(12,13)7-3-6-11/h2,4-5,8H,3,6-7H2,1H3. The van der Waals surface area contributed by atoms with Crippen molar-refractivity contribution in [1.82, 2.24) is 0 Å². The van der Waals surface area contributed by atoms with Crippen molar-refractivity contribution in [3.63, 3.8) is 0 Å². The molecule has 0 aliphatic heterocycles. The zero-order chi connectivity index (χ0) is 11.3. The molecule has 0 saturated carbocycles. The number of ether oxygens (including phenoxy) is 1. The lowest BCUT2D eigenvalue weighted by Crippen LogP contribution is -2.07. The summed E-state index contributed by atoms with van der Waals surface area (Å²) in [4.78, 5) is 0.284. The third-order valence-electron chi connectivity index (χ3n) is 1.95. The molecule has 84 valence electrons. The Kier molecular flexibility index (Phi) is 4.42. The molecule has 1 aromatic rings. The zero-order valence-corrected chi connectivity index (χ0v) is 10.0. The fourth-order valence-corrected chi connectivity index (χ4v) is 2.79. The first kappa shape index (κ1) is 12.3. The van der Waals surface area contributed by atoms with Gasteiger partial charge in [0.25, 0.3) is 0 Å². The van der Waals surface area contributed by atoms with Gasteiger partial charge in [-0.15, -0.1) is 11.6 Å². The van der Waals surface area contributed by atoms with Gasteiger partial charge in [-0.25, -0.2) is 8.42 Å². The first-order chi connectivity index (χ1) is 7.10. The highest BCUT2D eigenvalue weighted by molar-refractivity contribution is 7.91. The van der Waals surface area contributed by atoms with Crippen molar-refractivity contribution in [2.24, 2.45) is 0 Å². The lowest BCUT2D eigenvalue weighted by molar-refractivity contribution is 0.413. The predicted octanol–water partition coefficient (Wildman–Crippen LogP) is 2.10. The molecule has 0 bridgehead atoms. The lowest BCUT2D eigenvalue weighted by atomic mass is 10.3. The van der Waals surface area contributed by atoms with E-state index in [9.17, 15) is 8.42 Å². The van der Waals surface area contributed by atoms with Gasteiger partial charge in [-0.2, -0.15) is 0 Å². The minimum absolute atomic E-state index is 0.0731. The fourth-order valence-electron chi connectivity index (χ4n) is 1.16. The largest absolute Gasteiger partial charge is 0.497 e. The molecule has 0 spiro atoms. The Labute approximate surface area is 94.9 Å². The van der Waals surface area contributed by atoms with Crippen molar-refractivity contribution in [1.29, 1.82) is 0 Å². The fraction of sp³-hybridized carbons (Fsp3) is 0.400. The highest BCUT2D eigenvalue weighted by Crippen LogP contribution is 2.18. The minimum Gasteiger partial charge on any atom is -0.497 e. The van der Waals surface area contributed by atoms with Crippen LogP contribution in [0.2, 0.25) is 0 Å². The van der Waals surface area contributed by atoms with E-state index in [0.717, 1.165) is 0 Å². The maximum atomic E-state index is 11.7. The van der Waals surface area contributed by atoms with Crippen LogP contribution in [0.4, 0.5) is 0 Å². The monoisotopic (exact) mass is 248 g/mol. The van der Waals surface area contributed by atoms with Crippen LogP contribution in [0.15, 0.2) is 29.2 Å². The highest BCUT2D eigenvalue weighted by atomic mass is 35.5. The first-order valence-electron chi connectivity index (χ1n) is 4.53. The molecule has 0 aliphatic carbocycles. The summed E-state index contributed by atoms with van der Waals surface area (Å²) in [5.74, 6) is 0.967. The molecular weight excluding hydrogens is 236 g/mol. The van der Waals surface area contributed by atoms with Crippen LogP contribution in [-0.2, 0) is 9.84 Å². The molecule has 0 heterocycles. The van der Waals surface area contributed by atoms with E-state index in [-0.39, 0.29) is 10.6 Å². The summed E-state index contributed by atoms with van der Waals surface area (Å²) in [6, 6.07) is 6.45. The molecule has 0 fully saturated rings. The first-order valence-corrected chi connectivity index (χ1v) is 6.71. The van der Waals surface area contributed by atoms with E-state index in [2.05, 4.69) is 0 Å². The second-order valence-corrected chi connectivity index (χ2v) is 5.53. The number of halogens is 1. The van der Waals surface area contributed by atoms with Crippen molar-refractivity contribution >= 4 is 21.4 Å². The van der Waals surface area contributed by atoms with Gasteiger partial charge in [0.2, 0.25) is 0 Å². The van der Waals surface area contributed by atoms with Gasteiger partial charge in [0.05, 0.1) is 17.8 Å². The van der Waals surface area contributed by atoms with Gasteiger partial charge in [-0.05, 0) is 24.6 Å². The van der Waals surface area contributed by atoms with Gasteiger partial charge in [0, 0.05) is 5.88 Å². The third kappa shape index (κ3) is 3.39. The molecule has 0 radical (unpaired) electrons. The lowest BCUT2D eigenvalue weighted by Gasteiger charge is -2.05. The third-order valence-corrected chi connectivity index (χ3v) is 4.01. The number of methoxy groups -OCH3 is 1. The van der Waals surface area contributed by atoms with Gasteiger partial charge in [-0.3, -0.25) is 0 Å². The summed E-state index contributed by atoms with van der Waals surface area (Å²) < 4.78 is 28.5. The number of hydrogen-bond acceptors (Lipinski definition) is 3. The van der Waals surface area contributed by atoms with Gasteiger partial charge in [-0.1, -0.05) is 6.07 Å². The van der Waals surface area contributed by atoms with Crippen molar-refractivity contribution in [2.75, 3.05) is 18.7 Å². The molecule has 0 saturated heterocycles. The van der Waals surface area contributed by atoms with Crippen LogP contribution in [0.1, 0.15) is 6.42 Å². The zero-order valence-electron chi connectivity index (χ0n) is 8.44. The van der Waals surface area contributed by atoms with Crippen molar-refractivity contribution < 1.29 is 13.2 Å². The Morgan fingerprint density at radius 3 is 2.73 bits per heavy atom. The van der Waals surface area contributed by atoms with Crippen molar-refractivity contribution in [2.45, 2.75) is 11.3 Å². The van der Waals surface area contributed by atoms with Crippen LogP contribution in [-0.4, -0.2) is 27.2 Å². The number of rotatable bonds is 5. The summed E-state index contributed by atoms with van der Waals surface area (Å²) >= 11 is 5.46. The highest BCUT2D eigenvalue weighted by Gasteiger charge is 2.14. The summed E-state index contributed by atoms with van der Waals surface area (Å²) in [5, 5.41) is 0. The molecule has 0 aromatic heterocycles. The molecule has 5 heteroatoms. The summed E-state index contributed by atoms with van der Waals surface area (Å²) in [6.07, 6.45) is 0.459. The van der Waals surface area contributed by atoms with Crippen LogP contribution in [0.3, 0.4) is 0 Å². The number of sulfone groups is 1. The maximum Gasteiger partial charge on any atom is 0.178 e. The SMILES string of the molecule is COc1cccc(S(=O)(=O)CCCCl)c1. The number of benzene rings is 1. The molecule has 0 unspecified atom stereocenters. The van der Waals surface area contributed by atoms with E-state index in [1.165, 1.54) is 13.2 Å². The van der Waals surface area contributed by atoms with Crippen LogP contribution in [0, 0.1) is 0 Å². The van der Waals surface area contributed by atoms with Crippen LogP contribution in [0.25, 0.3) is 0 Å². The summed E-state index contributed by atoms with van der Waals surface area (Å²) in [5.41, 5.74) is 0. The number of alkyl halides is 1. The summed E-state index contributed by atoms with van der Waals surface area (Å²) in [7, 11) is -1.72. The Hall–Kier alpha value is -0.740. The molecule has 1 rings (SSSR count). The average molecular weight is 249 g/mol.